The van der Waals surface area contributed by atoms with Crippen LogP contribution in [0.3, 0.4) is 0 Å². The zero-order valence-corrected chi connectivity index (χ0v) is 22.2. The summed E-state index contributed by atoms with van der Waals surface area (Å²) in [5.74, 6) is -0.164. The highest BCUT2D eigenvalue weighted by atomic mass is 16.5. The van der Waals surface area contributed by atoms with E-state index in [1.165, 1.54) is 12.0 Å². The summed E-state index contributed by atoms with van der Waals surface area (Å²) in [4.78, 5) is 49.2. The Bertz CT molecular complexity index is 1920. The molecule has 1 fully saturated rings. The van der Waals surface area contributed by atoms with E-state index < -0.39 is 17.5 Å². The van der Waals surface area contributed by atoms with Crippen LogP contribution >= 0.6 is 0 Å². The van der Waals surface area contributed by atoms with Gasteiger partial charge in [-0.15, -0.1) is 0 Å². The molecule has 1 saturated heterocycles. The fraction of sp³-hybridized carbons (Fsp3) is 0.129. The van der Waals surface area contributed by atoms with Gasteiger partial charge >= 0.3 is 6.03 Å². The molecule has 1 atom stereocenters. The van der Waals surface area contributed by atoms with Crippen molar-refractivity contribution >= 4 is 28.9 Å². The molecular formula is C31H23N5O6. The third kappa shape index (κ3) is 4.10. The lowest BCUT2D eigenvalue weighted by Gasteiger charge is -2.28. The molecule has 4 amide bonds. The van der Waals surface area contributed by atoms with Gasteiger partial charge in [-0.05, 0) is 71.3 Å². The summed E-state index contributed by atoms with van der Waals surface area (Å²) in [5.41, 5.74) is 3.33. The molecule has 3 N–H and O–H groups in total. The van der Waals surface area contributed by atoms with Crippen LogP contribution in [-0.4, -0.2) is 51.5 Å². The summed E-state index contributed by atoms with van der Waals surface area (Å²) in [6, 6.07) is 18.5. The smallest absolute Gasteiger partial charge is 0.322 e. The van der Waals surface area contributed by atoms with E-state index in [2.05, 4.69) is 15.6 Å². The van der Waals surface area contributed by atoms with Crippen LogP contribution in [0, 0.1) is 0 Å². The van der Waals surface area contributed by atoms with Crippen LogP contribution in [0.1, 0.15) is 21.7 Å². The lowest BCUT2D eigenvalue weighted by atomic mass is 9.95. The molecule has 3 aromatic heterocycles. The van der Waals surface area contributed by atoms with Gasteiger partial charge in [0.15, 0.2) is 11.1 Å². The van der Waals surface area contributed by atoms with Gasteiger partial charge in [-0.3, -0.25) is 19.9 Å². The molecular weight excluding hydrogens is 538 g/mol. The number of rotatable bonds is 6. The molecule has 0 unspecified atom stereocenters. The zero-order valence-electron chi connectivity index (χ0n) is 22.2. The number of amides is 4. The fourth-order valence-corrected chi connectivity index (χ4v) is 5.50. The number of aromatic nitrogens is 2. The lowest BCUT2D eigenvalue weighted by Crippen LogP contribution is -2.52. The summed E-state index contributed by atoms with van der Waals surface area (Å²) in [7, 11) is 1.52. The zero-order chi connectivity index (χ0) is 29.0. The highest BCUT2D eigenvalue weighted by Gasteiger charge is 2.53. The second-order valence-electron chi connectivity index (χ2n) is 10.2. The van der Waals surface area contributed by atoms with Crippen LogP contribution in [0.25, 0.3) is 33.5 Å². The van der Waals surface area contributed by atoms with Gasteiger partial charge in [0.05, 0.1) is 19.3 Å². The molecule has 42 heavy (non-hydrogen) atoms. The van der Waals surface area contributed by atoms with Crippen LogP contribution in [0.4, 0.5) is 4.79 Å². The number of hydrogen-bond donors (Lipinski definition) is 3. The number of furan rings is 1. The van der Waals surface area contributed by atoms with Crippen LogP contribution in [0.2, 0.25) is 0 Å². The second-order valence-corrected chi connectivity index (χ2v) is 10.2. The first-order valence-corrected chi connectivity index (χ1v) is 13.1. The van der Waals surface area contributed by atoms with Gasteiger partial charge in [-0.2, -0.15) is 0 Å². The normalized spacial score (nSPS) is 17.8. The minimum atomic E-state index is -1.67. The van der Waals surface area contributed by atoms with Gasteiger partial charge in [0.2, 0.25) is 0 Å². The number of imide groups is 1. The number of benzene rings is 2. The number of pyridine rings is 2. The molecule has 0 radical (unpaired) electrons. The van der Waals surface area contributed by atoms with Crippen LogP contribution < -0.4 is 15.4 Å². The van der Waals surface area contributed by atoms with Gasteiger partial charge in [-0.25, -0.2) is 9.78 Å². The van der Waals surface area contributed by atoms with Crippen molar-refractivity contribution in [3.63, 3.8) is 0 Å². The molecule has 2 aliphatic rings. The minimum Gasteiger partial charge on any atom is -0.508 e. The number of carbonyl (C=O) groups excluding carboxylic acids is 3. The Morgan fingerprint density at radius 1 is 0.976 bits per heavy atom. The van der Waals surface area contributed by atoms with Gasteiger partial charge in [-0.1, -0.05) is 6.07 Å². The molecule has 7 rings (SSSR count). The molecule has 0 bridgehead atoms. The van der Waals surface area contributed by atoms with Crippen molar-refractivity contribution in [3.05, 3.63) is 96.0 Å². The molecule has 0 saturated carbocycles. The van der Waals surface area contributed by atoms with Gasteiger partial charge in [0, 0.05) is 36.1 Å². The Kier molecular flexibility index (Phi) is 5.68. The van der Waals surface area contributed by atoms with Crippen molar-refractivity contribution in [3.8, 4) is 33.9 Å². The van der Waals surface area contributed by atoms with Gasteiger partial charge in [0.1, 0.15) is 22.8 Å². The van der Waals surface area contributed by atoms with E-state index in [-0.39, 0.29) is 30.5 Å². The van der Waals surface area contributed by atoms with E-state index in [0.29, 0.717) is 33.7 Å². The first-order valence-electron chi connectivity index (χ1n) is 13.1. The molecule has 2 aromatic carbocycles. The Labute approximate surface area is 238 Å². The minimum absolute atomic E-state index is 0.0762. The summed E-state index contributed by atoms with van der Waals surface area (Å²) in [5, 5.41) is 15.4. The maximum atomic E-state index is 13.3. The number of fused-ring (bicyclic) bond motifs is 2. The van der Waals surface area contributed by atoms with E-state index >= 15 is 0 Å². The van der Waals surface area contributed by atoms with E-state index in [0.717, 1.165) is 16.7 Å². The third-order valence-corrected chi connectivity index (χ3v) is 7.59. The molecule has 0 spiro atoms. The van der Waals surface area contributed by atoms with E-state index in [4.69, 9.17) is 14.1 Å². The standard InChI is InChI=1S/C31H23N5O6/c1-41-22-3-2-18-15-36(28(38)23(18)13-22)16-31(29(39)34-30(40)35-31)27-14-25-26(42-27)5-4-24(33-25)20-10-19(11-21(37)12-20)17-6-8-32-9-7-17/h2-14,37H,15-16H2,1H3,(H2,34,35,39,40)/t31-/m0/s1. The molecule has 208 valence electrons. The monoisotopic (exact) mass is 561 g/mol. The first kappa shape index (κ1) is 25.3. The highest BCUT2D eigenvalue weighted by Crippen LogP contribution is 2.36. The quantitative estimate of drug-likeness (QED) is 0.264. The molecule has 11 heteroatoms. The molecule has 5 heterocycles. The molecule has 11 nitrogen and oxygen atoms in total. The summed E-state index contributed by atoms with van der Waals surface area (Å²) >= 11 is 0. The number of phenolic OH excluding ortho intramolecular Hbond substituents is 1. The predicted molar refractivity (Wildman–Crippen MR) is 150 cm³/mol. The Hall–Kier alpha value is -5.71. The Morgan fingerprint density at radius 3 is 2.55 bits per heavy atom. The third-order valence-electron chi connectivity index (χ3n) is 7.59. The molecule has 0 aliphatic carbocycles. The van der Waals surface area contributed by atoms with Gasteiger partial charge < -0.3 is 24.5 Å². The van der Waals surface area contributed by atoms with Crippen LogP contribution in [0.15, 0.2) is 83.5 Å². The summed E-state index contributed by atoms with van der Waals surface area (Å²) in [6.07, 6.45) is 3.35. The largest absolute Gasteiger partial charge is 0.508 e. The number of aromatic hydroxyl groups is 1. The van der Waals surface area contributed by atoms with Gasteiger partial charge in [0.25, 0.3) is 11.8 Å². The van der Waals surface area contributed by atoms with Crippen molar-refractivity contribution in [1.29, 1.82) is 0 Å². The second kappa shape index (κ2) is 9.44. The number of ether oxygens (including phenoxy) is 1. The average molecular weight is 562 g/mol. The number of phenols is 1. The molecule has 5 aromatic rings. The predicted octanol–water partition coefficient (Wildman–Crippen LogP) is 3.96. The SMILES string of the molecule is COc1ccc2c(c1)C(=O)N(C[C@@]1(c3cc4nc(-c5cc(O)cc(-c6ccncc6)c5)ccc4o3)NC(=O)NC1=O)C2. The lowest BCUT2D eigenvalue weighted by molar-refractivity contribution is -0.125. The molecule has 2 aliphatic heterocycles. The van der Waals surface area contributed by atoms with E-state index in [1.54, 1.807) is 60.9 Å². The summed E-state index contributed by atoms with van der Waals surface area (Å²) in [6.45, 7) is 0.0952. The Morgan fingerprint density at radius 2 is 1.79 bits per heavy atom. The average Bonchev–Trinajstić information content (AvgIpc) is 3.65. The van der Waals surface area contributed by atoms with E-state index in [9.17, 15) is 19.5 Å². The fourth-order valence-electron chi connectivity index (χ4n) is 5.50. The number of carbonyl (C=O) groups is 3. The number of methoxy groups -OCH3 is 1. The van der Waals surface area contributed by atoms with E-state index in [1.807, 2.05) is 18.2 Å². The number of nitrogens with zero attached hydrogens (tertiary/aromatic N) is 3. The van der Waals surface area contributed by atoms with Crippen LogP contribution in [0.5, 0.6) is 11.5 Å². The topological polar surface area (TPSA) is 147 Å². The van der Waals surface area contributed by atoms with Crippen molar-refractivity contribution in [2.75, 3.05) is 13.7 Å². The van der Waals surface area contributed by atoms with Crippen molar-refractivity contribution in [1.82, 2.24) is 25.5 Å². The summed E-state index contributed by atoms with van der Waals surface area (Å²) < 4.78 is 11.3. The van der Waals surface area contributed by atoms with Crippen LogP contribution in [-0.2, 0) is 16.9 Å². The van der Waals surface area contributed by atoms with Crippen molar-refractivity contribution < 1.29 is 28.6 Å². The maximum absolute atomic E-state index is 13.3. The Balaban J connectivity index is 1.25. The maximum Gasteiger partial charge on any atom is 0.322 e. The highest BCUT2D eigenvalue weighted by molar-refractivity contribution is 6.08. The van der Waals surface area contributed by atoms with Crippen molar-refractivity contribution in [2.24, 2.45) is 0 Å². The first-order chi connectivity index (χ1) is 20.3. The van der Waals surface area contributed by atoms with Crippen molar-refractivity contribution in [2.45, 2.75) is 12.1 Å². The number of hydrogen-bond acceptors (Lipinski definition) is 8. The number of nitrogens with one attached hydrogen (secondary N) is 2. The number of urea groups is 1.